The van der Waals surface area contributed by atoms with Gasteiger partial charge in [-0.3, -0.25) is 20.4 Å². The maximum atomic E-state index is 12.3. The lowest BCUT2D eigenvalue weighted by Gasteiger charge is -2.08. The number of aromatic nitrogens is 4. The number of nitrogens with zero attached hydrogens (tertiary/aromatic N) is 3. The van der Waals surface area contributed by atoms with Crippen molar-refractivity contribution in [1.29, 1.82) is 0 Å². The van der Waals surface area contributed by atoms with Crippen LogP contribution < -0.4 is 16.2 Å². The predicted octanol–water partition coefficient (Wildman–Crippen LogP) is 1.65. The molecule has 0 unspecified atom stereocenters. The van der Waals surface area contributed by atoms with E-state index in [0.29, 0.717) is 28.1 Å². The molecule has 4 N–H and O–H groups in total. The monoisotopic (exact) mass is 355 g/mol. The highest BCUT2D eigenvalue weighted by atomic mass is 32.1. The van der Waals surface area contributed by atoms with E-state index in [1.54, 1.807) is 48.5 Å². The largest absolute Gasteiger partial charge is 0.322 e. The molecule has 0 fully saturated rings. The Balaban J connectivity index is 1.68. The average molecular weight is 355 g/mol. The highest BCUT2D eigenvalue weighted by Crippen LogP contribution is 2.15. The molecule has 10 heteroatoms. The van der Waals surface area contributed by atoms with E-state index >= 15 is 0 Å². The fraction of sp³-hybridized carbons (Fsp3) is 0. The SMILES string of the molecule is O=CNNc1ccc(NC(=O)c2ccc(-n3[nH]nnc3=S)cc2)cc1. The number of benzene rings is 2. The molecular weight excluding hydrogens is 342 g/mol. The summed E-state index contributed by atoms with van der Waals surface area (Å²) >= 11 is 5.03. The molecule has 0 bridgehead atoms. The second-order valence-corrected chi connectivity index (χ2v) is 5.25. The number of carbonyl (C=O) groups is 2. The molecule has 2 amide bonds. The van der Waals surface area contributed by atoms with Crippen molar-refractivity contribution in [1.82, 2.24) is 25.6 Å². The van der Waals surface area contributed by atoms with E-state index in [-0.39, 0.29) is 5.91 Å². The van der Waals surface area contributed by atoms with Gasteiger partial charge >= 0.3 is 0 Å². The van der Waals surface area contributed by atoms with Crippen molar-refractivity contribution < 1.29 is 9.59 Å². The van der Waals surface area contributed by atoms with Crippen molar-refractivity contribution in [2.24, 2.45) is 0 Å². The Kier molecular flexibility index (Phi) is 4.81. The minimum absolute atomic E-state index is 0.246. The predicted molar refractivity (Wildman–Crippen MR) is 93.8 cm³/mol. The van der Waals surface area contributed by atoms with Crippen molar-refractivity contribution >= 4 is 35.9 Å². The van der Waals surface area contributed by atoms with Crippen molar-refractivity contribution in [3.8, 4) is 5.69 Å². The number of nitrogens with one attached hydrogen (secondary N) is 4. The van der Waals surface area contributed by atoms with E-state index in [9.17, 15) is 9.59 Å². The van der Waals surface area contributed by atoms with Gasteiger partial charge in [-0.15, -0.1) is 0 Å². The molecular formula is C15H13N7O2S. The van der Waals surface area contributed by atoms with E-state index < -0.39 is 0 Å². The zero-order valence-corrected chi connectivity index (χ0v) is 13.6. The number of amides is 2. The van der Waals surface area contributed by atoms with Crippen LogP contribution in [0.4, 0.5) is 11.4 Å². The van der Waals surface area contributed by atoms with Crippen molar-refractivity contribution in [2.75, 3.05) is 10.7 Å². The van der Waals surface area contributed by atoms with Crippen molar-refractivity contribution in [3.05, 3.63) is 58.9 Å². The van der Waals surface area contributed by atoms with Crippen LogP contribution in [0.25, 0.3) is 5.69 Å². The van der Waals surface area contributed by atoms with Crippen LogP contribution in [0.15, 0.2) is 48.5 Å². The summed E-state index contributed by atoms with van der Waals surface area (Å²) in [6, 6.07) is 13.7. The van der Waals surface area contributed by atoms with Gasteiger partial charge in [0.2, 0.25) is 11.2 Å². The number of aromatic amines is 1. The Bertz CT molecular complexity index is 932. The summed E-state index contributed by atoms with van der Waals surface area (Å²) in [7, 11) is 0. The van der Waals surface area contributed by atoms with E-state index in [0.717, 1.165) is 5.69 Å². The third kappa shape index (κ3) is 3.87. The van der Waals surface area contributed by atoms with Crippen LogP contribution in [0.3, 0.4) is 0 Å². The number of carbonyl (C=O) groups excluding carboxylic acids is 2. The maximum Gasteiger partial charge on any atom is 0.255 e. The van der Waals surface area contributed by atoms with Crippen LogP contribution in [0, 0.1) is 4.77 Å². The van der Waals surface area contributed by atoms with Crippen LogP contribution in [0.5, 0.6) is 0 Å². The first-order chi connectivity index (χ1) is 12.2. The number of hydrazine groups is 1. The minimum atomic E-state index is -0.246. The summed E-state index contributed by atoms with van der Waals surface area (Å²) in [4.78, 5) is 22.5. The summed E-state index contributed by atoms with van der Waals surface area (Å²) in [6.07, 6.45) is 0.534. The Labute approximate surface area is 147 Å². The molecule has 0 saturated heterocycles. The molecule has 0 radical (unpaired) electrons. The lowest BCUT2D eigenvalue weighted by molar-refractivity contribution is -0.109. The summed E-state index contributed by atoms with van der Waals surface area (Å²) < 4.78 is 1.82. The Hall–Kier alpha value is -3.53. The van der Waals surface area contributed by atoms with Gasteiger partial charge in [0.15, 0.2) is 0 Å². The first-order valence-electron chi connectivity index (χ1n) is 7.14. The van der Waals surface area contributed by atoms with E-state index in [1.807, 2.05) is 0 Å². The molecule has 0 atom stereocenters. The van der Waals surface area contributed by atoms with Gasteiger partial charge in [0, 0.05) is 11.3 Å². The Morgan fingerprint density at radius 2 is 1.76 bits per heavy atom. The molecule has 126 valence electrons. The molecule has 0 aliphatic rings. The van der Waals surface area contributed by atoms with Gasteiger partial charge in [-0.2, -0.15) is 5.21 Å². The standard InChI is InChI=1S/C15H13N7O2S/c23-9-16-18-12-5-3-11(4-6-12)17-14(24)10-1-7-13(8-2-10)22-15(25)19-20-21-22/h1-9,18H,(H,16,23)(H,17,24)(H,19,21,25). The minimum Gasteiger partial charge on any atom is -0.322 e. The number of hydrogen-bond acceptors (Lipinski definition) is 6. The molecule has 3 aromatic rings. The lowest BCUT2D eigenvalue weighted by Crippen LogP contribution is -2.18. The molecule has 1 aromatic heterocycles. The molecule has 2 aromatic carbocycles. The number of rotatable bonds is 6. The number of H-pyrrole nitrogens is 1. The first kappa shape index (κ1) is 16.3. The average Bonchev–Trinajstić information content (AvgIpc) is 3.07. The fourth-order valence-corrected chi connectivity index (χ4v) is 2.27. The van der Waals surface area contributed by atoms with Crippen LogP contribution >= 0.6 is 12.2 Å². The summed E-state index contributed by atoms with van der Waals surface area (Å²) in [5.74, 6) is -0.246. The molecule has 0 saturated carbocycles. The first-order valence-corrected chi connectivity index (χ1v) is 7.55. The lowest BCUT2D eigenvalue weighted by atomic mass is 10.2. The third-order valence-electron chi connectivity index (χ3n) is 3.28. The quantitative estimate of drug-likeness (QED) is 0.303. The van der Waals surface area contributed by atoms with E-state index in [4.69, 9.17) is 12.2 Å². The van der Waals surface area contributed by atoms with Crippen LogP contribution in [-0.2, 0) is 4.79 Å². The maximum absolute atomic E-state index is 12.3. The Morgan fingerprint density at radius 1 is 1.08 bits per heavy atom. The zero-order chi connectivity index (χ0) is 17.6. The molecule has 0 spiro atoms. The third-order valence-corrected chi connectivity index (χ3v) is 3.54. The van der Waals surface area contributed by atoms with Gasteiger partial charge < -0.3 is 5.32 Å². The zero-order valence-electron chi connectivity index (χ0n) is 12.8. The van der Waals surface area contributed by atoms with Gasteiger partial charge in [-0.05, 0) is 60.7 Å². The smallest absolute Gasteiger partial charge is 0.255 e. The van der Waals surface area contributed by atoms with Gasteiger partial charge in [0.1, 0.15) is 0 Å². The number of hydrogen-bond donors (Lipinski definition) is 4. The molecule has 25 heavy (non-hydrogen) atoms. The fourth-order valence-electron chi connectivity index (χ4n) is 2.08. The molecule has 0 aliphatic heterocycles. The molecule has 3 rings (SSSR count). The van der Waals surface area contributed by atoms with Gasteiger partial charge in [0.25, 0.3) is 5.91 Å². The van der Waals surface area contributed by atoms with Gasteiger partial charge in [-0.1, -0.05) is 10.3 Å². The van der Waals surface area contributed by atoms with Crippen LogP contribution in [0.1, 0.15) is 10.4 Å². The topological polar surface area (TPSA) is 117 Å². The highest BCUT2D eigenvalue weighted by molar-refractivity contribution is 7.71. The van der Waals surface area contributed by atoms with Crippen LogP contribution in [-0.4, -0.2) is 32.5 Å². The normalized spacial score (nSPS) is 10.1. The van der Waals surface area contributed by atoms with E-state index in [1.165, 1.54) is 4.68 Å². The highest BCUT2D eigenvalue weighted by Gasteiger charge is 2.07. The molecule has 9 nitrogen and oxygen atoms in total. The van der Waals surface area contributed by atoms with Gasteiger partial charge in [-0.25, -0.2) is 4.68 Å². The van der Waals surface area contributed by atoms with Crippen LogP contribution in [0.2, 0.25) is 0 Å². The van der Waals surface area contributed by atoms with Crippen molar-refractivity contribution in [2.45, 2.75) is 0 Å². The summed E-state index contributed by atoms with van der Waals surface area (Å²) in [6.45, 7) is 0. The number of tetrazole rings is 1. The van der Waals surface area contributed by atoms with Crippen molar-refractivity contribution in [3.63, 3.8) is 0 Å². The van der Waals surface area contributed by atoms with Gasteiger partial charge in [0.05, 0.1) is 11.4 Å². The molecule has 1 heterocycles. The second kappa shape index (κ2) is 7.36. The summed E-state index contributed by atoms with van der Waals surface area (Å²) in [5.41, 5.74) is 7.55. The molecule has 0 aliphatic carbocycles. The summed E-state index contributed by atoms with van der Waals surface area (Å²) in [5, 5.41) is 12.7. The van der Waals surface area contributed by atoms with E-state index in [2.05, 4.69) is 31.7 Å². The number of anilines is 2. The Morgan fingerprint density at radius 3 is 2.36 bits per heavy atom. The second-order valence-electron chi connectivity index (χ2n) is 4.88.